The molecule has 1 unspecified atom stereocenters. The van der Waals surface area contributed by atoms with E-state index in [4.69, 9.17) is 15.2 Å². The lowest BCUT2D eigenvalue weighted by Crippen LogP contribution is -2.49. The van der Waals surface area contributed by atoms with Crippen molar-refractivity contribution < 1.29 is 23.8 Å². The summed E-state index contributed by atoms with van der Waals surface area (Å²) < 4.78 is 26.6. The standard InChI is InChI=1S/C29H39FN2O4/c1-20-9-3-4-13-26(20)36-27-24(11-7-12-25(27)30)29(34,14-5-6-16-35-2)22-10-8-15-32(19-22)28(33)23-17-21(23)18-31/h3-4,7,9,11-13,21-23,34H,5-6,8,10,14-19,31H2,1-2H3/t21-,22?,23+,29-/m0/s1. The molecule has 0 bridgehead atoms. The fraction of sp³-hybridized carbons (Fsp3) is 0.552. The third-order valence-corrected chi connectivity index (χ3v) is 7.85. The number of halogens is 1. The number of carbonyl (C=O) groups is 1. The summed E-state index contributed by atoms with van der Waals surface area (Å²) in [6.45, 7) is 4.14. The lowest BCUT2D eigenvalue weighted by atomic mass is 9.73. The number of para-hydroxylation sites is 2. The van der Waals surface area contributed by atoms with E-state index < -0.39 is 11.4 Å². The number of likely N-dealkylation sites (tertiary alicyclic amines) is 1. The molecule has 7 heteroatoms. The fourth-order valence-electron chi connectivity index (χ4n) is 5.55. The van der Waals surface area contributed by atoms with Gasteiger partial charge in [-0.15, -0.1) is 0 Å². The minimum absolute atomic E-state index is 0.00216. The number of piperidine rings is 1. The molecule has 4 atom stereocenters. The van der Waals surface area contributed by atoms with E-state index >= 15 is 4.39 Å². The van der Waals surface area contributed by atoms with E-state index in [0.29, 0.717) is 50.4 Å². The van der Waals surface area contributed by atoms with Crippen molar-refractivity contribution in [3.8, 4) is 11.5 Å². The number of nitrogens with two attached hydrogens (primary N) is 1. The Labute approximate surface area is 213 Å². The normalized spacial score (nSPS) is 23.2. The Balaban J connectivity index is 1.66. The summed E-state index contributed by atoms with van der Waals surface area (Å²) in [7, 11) is 1.66. The summed E-state index contributed by atoms with van der Waals surface area (Å²) in [5.41, 5.74) is 5.74. The molecule has 1 aliphatic heterocycles. The molecular weight excluding hydrogens is 459 g/mol. The first kappa shape index (κ1) is 26.6. The highest BCUT2D eigenvalue weighted by Crippen LogP contribution is 2.46. The van der Waals surface area contributed by atoms with Crippen LogP contribution in [0, 0.1) is 30.5 Å². The lowest BCUT2D eigenvalue weighted by Gasteiger charge is -2.43. The fourth-order valence-corrected chi connectivity index (χ4v) is 5.55. The molecule has 1 amide bonds. The van der Waals surface area contributed by atoms with Crippen LogP contribution in [-0.2, 0) is 15.1 Å². The molecule has 6 nitrogen and oxygen atoms in total. The maximum atomic E-state index is 15.3. The largest absolute Gasteiger partial charge is 0.454 e. The van der Waals surface area contributed by atoms with Gasteiger partial charge < -0.3 is 25.2 Å². The predicted molar refractivity (Wildman–Crippen MR) is 137 cm³/mol. The highest BCUT2D eigenvalue weighted by molar-refractivity contribution is 5.81. The average molecular weight is 499 g/mol. The van der Waals surface area contributed by atoms with Crippen LogP contribution in [0.1, 0.15) is 49.7 Å². The van der Waals surface area contributed by atoms with Gasteiger partial charge in [0.2, 0.25) is 5.91 Å². The van der Waals surface area contributed by atoms with Gasteiger partial charge >= 0.3 is 0 Å². The number of benzene rings is 2. The Morgan fingerprint density at radius 2 is 2.03 bits per heavy atom. The van der Waals surface area contributed by atoms with Gasteiger partial charge in [-0.1, -0.05) is 30.3 Å². The van der Waals surface area contributed by atoms with Crippen LogP contribution in [0.15, 0.2) is 42.5 Å². The molecule has 2 aliphatic rings. The number of unbranched alkanes of at least 4 members (excludes halogenated alkanes) is 1. The smallest absolute Gasteiger partial charge is 0.226 e. The van der Waals surface area contributed by atoms with Crippen LogP contribution >= 0.6 is 0 Å². The average Bonchev–Trinajstić information content (AvgIpc) is 3.68. The van der Waals surface area contributed by atoms with Gasteiger partial charge in [-0.05, 0) is 75.6 Å². The zero-order valence-corrected chi connectivity index (χ0v) is 21.4. The molecule has 4 rings (SSSR count). The molecule has 1 saturated heterocycles. The molecule has 0 aromatic heterocycles. The first-order valence-electron chi connectivity index (χ1n) is 13.1. The zero-order valence-electron chi connectivity index (χ0n) is 21.4. The van der Waals surface area contributed by atoms with Gasteiger partial charge in [0, 0.05) is 44.2 Å². The van der Waals surface area contributed by atoms with Crippen molar-refractivity contribution in [3.63, 3.8) is 0 Å². The van der Waals surface area contributed by atoms with Crippen molar-refractivity contribution in [1.82, 2.24) is 4.90 Å². The highest BCUT2D eigenvalue weighted by atomic mass is 19.1. The second kappa shape index (κ2) is 11.7. The minimum atomic E-state index is -1.36. The number of rotatable bonds is 11. The van der Waals surface area contributed by atoms with Crippen molar-refractivity contribution in [2.24, 2.45) is 23.5 Å². The molecule has 196 valence electrons. The molecule has 1 heterocycles. The van der Waals surface area contributed by atoms with E-state index in [1.807, 2.05) is 30.0 Å². The summed E-state index contributed by atoms with van der Waals surface area (Å²) >= 11 is 0. The van der Waals surface area contributed by atoms with E-state index in [1.54, 1.807) is 25.3 Å². The lowest BCUT2D eigenvalue weighted by molar-refractivity contribution is -0.138. The Kier molecular flexibility index (Phi) is 8.65. The maximum absolute atomic E-state index is 15.3. The van der Waals surface area contributed by atoms with Gasteiger partial charge in [0.25, 0.3) is 0 Å². The maximum Gasteiger partial charge on any atom is 0.226 e. The SMILES string of the molecule is COCCCC[C@@](O)(c1cccc(F)c1Oc1ccccc1C)C1CCCN(C(=O)[C@@H]2C[C@H]2CN)C1. The molecule has 2 fully saturated rings. The van der Waals surface area contributed by atoms with E-state index in [1.165, 1.54) is 6.07 Å². The molecule has 36 heavy (non-hydrogen) atoms. The monoisotopic (exact) mass is 498 g/mol. The summed E-state index contributed by atoms with van der Waals surface area (Å²) in [4.78, 5) is 15.0. The van der Waals surface area contributed by atoms with E-state index in [0.717, 1.165) is 31.2 Å². The van der Waals surface area contributed by atoms with Crippen LogP contribution in [0.25, 0.3) is 0 Å². The van der Waals surface area contributed by atoms with Gasteiger partial charge in [-0.2, -0.15) is 0 Å². The molecule has 3 N–H and O–H groups in total. The molecule has 1 aliphatic carbocycles. The molecule has 0 radical (unpaired) electrons. The van der Waals surface area contributed by atoms with Crippen LogP contribution in [0.3, 0.4) is 0 Å². The summed E-state index contributed by atoms with van der Waals surface area (Å²) in [5.74, 6) is 0.239. The number of nitrogens with zero attached hydrogens (tertiary/aromatic N) is 1. The van der Waals surface area contributed by atoms with Crippen LogP contribution < -0.4 is 10.5 Å². The summed E-state index contributed by atoms with van der Waals surface area (Å²) in [6.07, 6.45) is 4.28. The number of methoxy groups -OCH3 is 1. The van der Waals surface area contributed by atoms with Gasteiger partial charge in [0.15, 0.2) is 11.6 Å². The summed E-state index contributed by atoms with van der Waals surface area (Å²) in [5, 5.41) is 12.4. The Morgan fingerprint density at radius 1 is 1.22 bits per heavy atom. The van der Waals surface area contributed by atoms with Crippen LogP contribution in [-0.4, -0.2) is 49.3 Å². The van der Waals surface area contributed by atoms with Crippen molar-refractivity contribution in [1.29, 1.82) is 0 Å². The minimum Gasteiger partial charge on any atom is -0.454 e. The number of hydrogen-bond donors (Lipinski definition) is 2. The molecule has 0 spiro atoms. The predicted octanol–water partition coefficient (Wildman–Crippen LogP) is 4.76. The van der Waals surface area contributed by atoms with Gasteiger partial charge in [-0.3, -0.25) is 4.79 Å². The number of aliphatic hydroxyl groups is 1. The Bertz CT molecular complexity index is 1050. The first-order valence-corrected chi connectivity index (χ1v) is 13.1. The second-order valence-corrected chi connectivity index (χ2v) is 10.3. The topological polar surface area (TPSA) is 85.0 Å². The molecule has 2 aromatic rings. The zero-order chi connectivity index (χ0) is 25.7. The van der Waals surface area contributed by atoms with Crippen LogP contribution in [0.5, 0.6) is 11.5 Å². The van der Waals surface area contributed by atoms with Crippen molar-refractivity contribution in [2.75, 3.05) is 33.4 Å². The molecule has 1 saturated carbocycles. The summed E-state index contributed by atoms with van der Waals surface area (Å²) in [6, 6.07) is 12.2. The Hall–Kier alpha value is -2.48. The Morgan fingerprint density at radius 3 is 2.75 bits per heavy atom. The molecular formula is C29H39FN2O4. The van der Waals surface area contributed by atoms with Gasteiger partial charge in [0.05, 0.1) is 5.60 Å². The van der Waals surface area contributed by atoms with Crippen molar-refractivity contribution in [3.05, 3.63) is 59.4 Å². The number of hydrogen-bond acceptors (Lipinski definition) is 5. The van der Waals surface area contributed by atoms with Crippen molar-refractivity contribution >= 4 is 5.91 Å². The molecule has 2 aromatic carbocycles. The second-order valence-electron chi connectivity index (χ2n) is 10.3. The highest BCUT2D eigenvalue weighted by Gasteiger charge is 2.47. The van der Waals surface area contributed by atoms with Gasteiger partial charge in [0.1, 0.15) is 5.75 Å². The first-order chi connectivity index (χ1) is 17.4. The van der Waals surface area contributed by atoms with Crippen LogP contribution in [0.4, 0.5) is 4.39 Å². The number of amides is 1. The van der Waals surface area contributed by atoms with E-state index in [2.05, 4.69) is 0 Å². The number of carbonyl (C=O) groups excluding carboxylic acids is 1. The number of ether oxygens (including phenoxy) is 2. The van der Waals surface area contributed by atoms with Crippen molar-refractivity contribution in [2.45, 2.75) is 51.0 Å². The quantitative estimate of drug-likeness (QED) is 0.436. The third-order valence-electron chi connectivity index (χ3n) is 7.85. The number of aryl methyl sites for hydroxylation is 1. The van der Waals surface area contributed by atoms with E-state index in [9.17, 15) is 9.90 Å². The third kappa shape index (κ3) is 5.74. The van der Waals surface area contributed by atoms with E-state index in [-0.39, 0.29) is 29.4 Å². The van der Waals surface area contributed by atoms with Gasteiger partial charge in [-0.25, -0.2) is 4.39 Å². The van der Waals surface area contributed by atoms with Crippen LogP contribution in [0.2, 0.25) is 0 Å².